The Morgan fingerprint density at radius 2 is 1.96 bits per heavy atom. The van der Waals surface area contributed by atoms with E-state index in [-0.39, 0.29) is 5.41 Å². The lowest BCUT2D eigenvalue weighted by molar-refractivity contribution is 0.107. The summed E-state index contributed by atoms with van der Waals surface area (Å²) in [7, 11) is 0. The van der Waals surface area contributed by atoms with Crippen LogP contribution in [-0.4, -0.2) is 59.1 Å². The largest absolute Gasteiger partial charge is 0.443 e. The van der Waals surface area contributed by atoms with Crippen LogP contribution in [0.5, 0.6) is 0 Å². The number of hydrogen-bond acceptors (Lipinski definition) is 5. The van der Waals surface area contributed by atoms with Gasteiger partial charge in [0.1, 0.15) is 12.3 Å². The molecule has 0 atom stereocenters. The Bertz CT molecular complexity index is 639. The summed E-state index contributed by atoms with van der Waals surface area (Å²) < 4.78 is 5.89. The van der Waals surface area contributed by atoms with Gasteiger partial charge in [-0.15, -0.1) is 0 Å². The zero-order valence-electron chi connectivity index (χ0n) is 18.0. The van der Waals surface area contributed by atoms with Crippen molar-refractivity contribution >= 4 is 17.7 Å². The van der Waals surface area contributed by atoms with Gasteiger partial charge in [-0.3, -0.25) is 4.90 Å². The van der Waals surface area contributed by atoms with Crippen LogP contribution in [0.4, 0.5) is 0 Å². The first-order chi connectivity index (χ1) is 13.4. The van der Waals surface area contributed by atoms with Crippen molar-refractivity contribution in [2.75, 3.05) is 37.7 Å². The molecule has 0 spiro atoms. The molecule has 1 saturated heterocycles. The highest BCUT2D eigenvalue weighted by Crippen LogP contribution is 2.36. The SMILES string of the molecule is CCNC(=NCc1ncc(C(C)(C)C)o1)NCC1(N2CCSCC2)CCCC1. The molecule has 2 aliphatic rings. The third-order valence-corrected chi connectivity index (χ3v) is 6.75. The highest BCUT2D eigenvalue weighted by Gasteiger charge is 2.39. The molecule has 3 rings (SSSR count). The van der Waals surface area contributed by atoms with Crippen LogP contribution in [0, 0.1) is 0 Å². The molecular weight excluding hydrogens is 370 g/mol. The fourth-order valence-electron chi connectivity index (χ4n) is 4.14. The molecule has 1 saturated carbocycles. The van der Waals surface area contributed by atoms with E-state index in [0.29, 0.717) is 18.0 Å². The molecule has 0 radical (unpaired) electrons. The van der Waals surface area contributed by atoms with E-state index in [9.17, 15) is 0 Å². The van der Waals surface area contributed by atoms with Crippen LogP contribution >= 0.6 is 11.8 Å². The minimum absolute atomic E-state index is 0.0285. The van der Waals surface area contributed by atoms with E-state index in [1.54, 1.807) is 0 Å². The molecule has 0 amide bonds. The molecule has 0 aromatic carbocycles. The van der Waals surface area contributed by atoms with Crippen LogP contribution in [0.15, 0.2) is 15.6 Å². The molecule has 2 fully saturated rings. The molecule has 2 heterocycles. The van der Waals surface area contributed by atoms with Crippen molar-refractivity contribution in [2.45, 2.75) is 70.9 Å². The van der Waals surface area contributed by atoms with Gasteiger partial charge in [0, 0.05) is 48.6 Å². The van der Waals surface area contributed by atoms with Crippen molar-refractivity contribution in [1.29, 1.82) is 0 Å². The fraction of sp³-hybridized carbons (Fsp3) is 0.810. The van der Waals surface area contributed by atoms with Gasteiger partial charge in [-0.25, -0.2) is 9.98 Å². The number of guanidine groups is 1. The lowest BCUT2D eigenvalue weighted by Gasteiger charge is -2.43. The number of aromatic nitrogens is 1. The van der Waals surface area contributed by atoms with Crippen LogP contribution in [0.2, 0.25) is 0 Å². The van der Waals surface area contributed by atoms with E-state index in [0.717, 1.165) is 24.8 Å². The second-order valence-corrected chi connectivity index (χ2v) is 10.2. The summed E-state index contributed by atoms with van der Waals surface area (Å²) >= 11 is 2.08. The molecule has 2 N–H and O–H groups in total. The highest BCUT2D eigenvalue weighted by atomic mass is 32.2. The van der Waals surface area contributed by atoms with Crippen molar-refractivity contribution in [3.05, 3.63) is 17.8 Å². The van der Waals surface area contributed by atoms with Crippen molar-refractivity contribution < 1.29 is 4.42 Å². The van der Waals surface area contributed by atoms with Crippen LogP contribution in [0.3, 0.4) is 0 Å². The Kier molecular flexibility index (Phi) is 7.31. The molecule has 1 aliphatic carbocycles. The third kappa shape index (κ3) is 5.44. The second kappa shape index (κ2) is 9.53. The maximum Gasteiger partial charge on any atom is 0.216 e. The average molecular weight is 408 g/mol. The summed E-state index contributed by atoms with van der Waals surface area (Å²) in [6.07, 6.45) is 7.08. The molecule has 1 aromatic rings. The van der Waals surface area contributed by atoms with Gasteiger partial charge >= 0.3 is 0 Å². The van der Waals surface area contributed by atoms with Crippen LogP contribution in [-0.2, 0) is 12.0 Å². The van der Waals surface area contributed by atoms with E-state index in [2.05, 4.69) is 60.0 Å². The van der Waals surface area contributed by atoms with Gasteiger partial charge in [-0.2, -0.15) is 11.8 Å². The molecule has 0 bridgehead atoms. The number of aliphatic imine (C=N–C) groups is 1. The van der Waals surface area contributed by atoms with Crippen molar-refractivity contribution in [1.82, 2.24) is 20.5 Å². The van der Waals surface area contributed by atoms with E-state index < -0.39 is 0 Å². The van der Waals surface area contributed by atoms with Gasteiger partial charge < -0.3 is 15.1 Å². The molecule has 1 aromatic heterocycles. The molecule has 1 aliphatic heterocycles. The summed E-state index contributed by atoms with van der Waals surface area (Å²) in [5.74, 6) is 4.96. The summed E-state index contributed by atoms with van der Waals surface area (Å²) in [5.41, 5.74) is 0.263. The smallest absolute Gasteiger partial charge is 0.216 e. The lowest BCUT2D eigenvalue weighted by atomic mass is 9.94. The van der Waals surface area contributed by atoms with E-state index in [1.807, 2.05) is 6.20 Å². The summed E-state index contributed by atoms with van der Waals surface area (Å²) in [6.45, 7) is 13.2. The van der Waals surface area contributed by atoms with Crippen LogP contribution in [0.1, 0.15) is 65.0 Å². The van der Waals surface area contributed by atoms with E-state index in [1.165, 1.54) is 50.3 Å². The molecule has 6 nitrogen and oxygen atoms in total. The molecule has 7 heteroatoms. The molecule has 28 heavy (non-hydrogen) atoms. The van der Waals surface area contributed by atoms with Gasteiger partial charge in [0.2, 0.25) is 5.89 Å². The first-order valence-corrected chi connectivity index (χ1v) is 11.9. The number of oxazole rings is 1. The van der Waals surface area contributed by atoms with Gasteiger partial charge in [-0.1, -0.05) is 33.6 Å². The van der Waals surface area contributed by atoms with Crippen LogP contribution < -0.4 is 10.6 Å². The van der Waals surface area contributed by atoms with Gasteiger partial charge in [-0.05, 0) is 19.8 Å². The third-order valence-electron chi connectivity index (χ3n) is 5.81. The normalized spacial score (nSPS) is 21.1. The zero-order valence-corrected chi connectivity index (χ0v) is 18.8. The monoisotopic (exact) mass is 407 g/mol. The predicted molar refractivity (Wildman–Crippen MR) is 118 cm³/mol. The van der Waals surface area contributed by atoms with E-state index in [4.69, 9.17) is 9.41 Å². The van der Waals surface area contributed by atoms with Crippen molar-refractivity contribution in [2.24, 2.45) is 4.99 Å². The minimum Gasteiger partial charge on any atom is -0.443 e. The second-order valence-electron chi connectivity index (χ2n) is 8.95. The highest BCUT2D eigenvalue weighted by molar-refractivity contribution is 7.99. The zero-order chi connectivity index (χ0) is 20.0. The Morgan fingerprint density at radius 3 is 2.57 bits per heavy atom. The Labute approximate surface area is 174 Å². The number of nitrogens with zero attached hydrogens (tertiary/aromatic N) is 3. The van der Waals surface area contributed by atoms with Crippen molar-refractivity contribution in [3.63, 3.8) is 0 Å². The maximum atomic E-state index is 5.89. The molecule has 158 valence electrons. The predicted octanol–water partition coefficient (Wildman–Crippen LogP) is 3.39. The Balaban J connectivity index is 1.63. The van der Waals surface area contributed by atoms with Crippen molar-refractivity contribution in [3.8, 4) is 0 Å². The summed E-state index contributed by atoms with van der Waals surface area (Å²) in [6, 6.07) is 0. The average Bonchev–Trinajstić information content (AvgIpc) is 3.35. The minimum atomic E-state index is -0.0285. The summed E-state index contributed by atoms with van der Waals surface area (Å²) in [4.78, 5) is 11.9. The first-order valence-electron chi connectivity index (χ1n) is 10.7. The lowest BCUT2D eigenvalue weighted by Crippen LogP contribution is -2.57. The summed E-state index contributed by atoms with van der Waals surface area (Å²) in [5, 5.41) is 7.01. The quantitative estimate of drug-likeness (QED) is 0.557. The number of nitrogens with one attached hydrogen (secondary N) is 2. The first kappa shape index (κ1) is 21.5. The Morgan fingerprint density at radius 1 is 1.25 bits per heavy atom. The van der Waals surface area contributed by atoms with Gasteiger partial charge in [0.05, 0.1) is 6.20 Å². The fourth-order valence-corrected chi connectivity index (χ4v) is 5.05. The van der Waals surface area contributed by atoms with Gasteiger partial charge in [0.15, 0.2) is 5.96 Å². The Hall–Kier alpha value is -1.21. The standard InChI is InChI=1S/C21H37N5OS/c1-5-22-19(24-15-18-23-14-17(27-18)20(2,3)4)25-16-21(8-6-7-9-21)26-10-12-28-13-11-26/h14H,5-13,15-16H2,1-4H3,(H2,22,24,25). The van der Waals surface area contributed by atoms with Gasteiger partial charge in [0.25, 0.3) is 0 Å². The number of hydrogen-bond donors (Lipinski definition) is 2. The molecule has 0 unspecified atom stereocenters. The number of rotatable bonds is 6. The number of thioether (sulfide) groups is 1. The molecular formula is C21H37N5OS. The maximum absolute atomic E-state index is 5.89. The topological polar surface area (TPSA) is 65.7 Å². The van der Waals surface area contributed by atoms with Crippen LogP contribution in [0.25, 0.3) is 0 Å². The van der Waals surface area contributed by atoms with E-state index >= 15 is 0 Å².